The van der Waals surface area contributed by atoms with Crippen molar-refractivity contribution in [1.29, 1.82) is 0 Å². The zero-order valence-electron chi connectivity index (χ0n) is 30.5. The molecule has 2 aliphatic rings. The van der Waals surface area contributed by atoms with Gasteiger partial charge in [0.15, 0.2) is 5.96 Å². The van der Waals surface area contributed by atoms with Gasteiger partial charge in [-0.3, -0.25) is 14.6 Å². The maximum absolute atomic E-state index is 13.8. The maximum Gasteiger partial charge on any atom is 0.243 e. The van der Waals surface area contributed by atoms with Gasteiger partial charge in [0, 0.05) is 54.4 Å². The number of aliphatic imine (C=N–C) groups is 1. The number of piperidine rings is 2. The highest BCUT2D eigenvalue weighted by molar-refractivity contribution is 7.89. The standard InChI is InChI=1S/C37H50Cl2N8O5S/c1-23-9-10-26-6-4-8-30(33(26)44-23)52-22-27-28(38)11-12-31(32(27)39)53(50,51)45-37(2,3)35(49)47-20-15-25(16-21-47)24-13-18-46(19-14-24)34(48)29(40)7-5-17-43-36(41)42/h4,6,8-12,24-25,29,45H,5,7,13-22,40H2,1-3H3,(H4,41,42,43)/t29-/m0/s1. The van der Waals surface area contributed by atoms with Gasteiger partial charge in [0.05, 0.1) is 11.1 Å². The Bertz CT molecular complexity index is 1940. The number of hydrogen-bond donors (Lipinski definition) is 4. The number of guanidine groups is 1. The average Bonchev–Trinajstić information content (AvgIpc) is 3.12. The van der Waals surface area contributed by atoms with Gasteiger partial charge < -0.3 is 31.7 Å². The minimum Gasteiger partial charge on any atom is -0.487 e. The second-order valence-corrected chi connectivity index (χ2v) is 16.9. The number of carbonyl (C=O) groups is 2. The normalized spacial score (nSPS) is 16.8. The van der Waals surface area contributed by atoms with E-state index in [4.69, 9.17) is 45.1 Å². The Kier molecular flexibility index (Phi) is 13.1. The molecule has 2 aliphatic heterocycles. The molecule has 2 amide bonds. The number of amides is 2. The van der Waals surface area contributed by atoms with E-state index in [1.54, 1.807) is 24.8 Å². The van der Waals surface area contributed by atoms with Crippen molar-refractivity contribution in [3.8, 4) is 5.75 Å². The van der Waals surface area contributed by atoms with Crippen molar-refractivity contribution >= 4 is 61.9 Å². The second-order valence-electron chi connectivity index (χ2n) is 14.5. The lowest BCUT2D eigenvalue weighted by molar-refractivity contribution is -0.139. The van der Waals surface area contributed by atoms with E-state index >= 15 is 0 Å². The fraction of sp³-hybridized carbons (Fsp3) is 0.514. The first-order valence-electron chi connectivity index (χ1n) is 18.0. The second kappa shape index (κ2) is 17.2. The molecule has 5 rings (SSSR count). The predicted octanol–water partition coefficient (Wildman–Crippen LogP) is 4.34. The quantitative estimate of drug-likeness (QED) is 0.111. The van der Waals surface area contributed by atoms with E-state index in [2.05, 4.69) is 14.7 Å². The summed E-state index contributed by atoms with van der Waals surface area (Å²) in [7, 11) is -4.26. The van der Waals surface area contributed by atoms with Gasteiger partial charge in [-0.25, -0.2) is 13.4 Å². The molecule has 1 atom stereocenters. The number of nitrogens with one attached hydrogen (secondary N) is 1. The molecule has 3 aromatic rings. The zero-order valence-corrected chi connectivity index (χ0v) is 32.8. The largest absolute Gasteiger partial charge is 0.487 e. The summed E-state index contributed by atoms with van der Waals surface area (Å²) in [6.07, 6.45) is 4.51. The number of aryl methyl sites for hydroxylation is 1. The van der Waals surface area contributed by atoms with Crippen molar-refractivity contribution in [2.45, 2.75) is 82.4 Å². The molecule has 53 heavy (non-hydrogen) atoms. The first-order valence-corrected chi connectivity index (χ1v) is 20.2. The van der Waals surface area contributed by atoms with Crippen LogP contribution in [0.15, 0.2) is 52.4 Å². The number of ether oxygens (including phenoxy) is 1. The number of nitrogens with zero attached hydrogens (tertiary/aromatic N) is 4. The van der Waals surface area contributed by atoms with Gasteiger partial charge >= 0.3 is 0 Å². The van der Waals surface area contributed by atoms with Gasteiger partial charge in [-0.2, -0.15) is 4.72 Å². The van der Waals surface area contributed by atoms with Crippen molar-refractivity contribution in [3.63, 3.8) is 0 Å². The number of rotatable bonds is 13. The van der Waals surface area contributed by atoms with Crippen LogP contribution in [0.1, 0.15) is 63.6 Å². The molecule has 16 heteroatoms. The van der Waals surface area contributed by atoms with Gasteiger partial charge in [0.25, 0.3) is 0 Å². The van der Waals surface area contributed by atoms with Crippen LogP contribution in [-0.2, 0) is 26.2 Å². The van der Waals surface area contributed by atoms with Crippen molar-refractivity contribution in [1.82, 2.24) is 19.5 Å². The molecule has 288 valence electrons. The summed E-state index contributed by atoms with van der Waals surface area (Å²) in [5, 5.41) is 1.05. The maximum atomic E-state index is 13.8. The number of fused-ring (bicyclic) bond motifs is 1. The fourth-order valence-corrected chi connectivity index (χ4v) is 9.53. The number of nitrogens with two attached hydrogens (primary N) is 3. The summed E-state index contributed by atoms with van der Waals surface area (Å²) >= 11 is 13.2. The molecule has 1 aromatic heterocycles. The van der Waals surface area contributed by atoms with Crippen LogP contribution in [0.25, 0.3) is 10.9 Å². The molecular weight excluding hydrogens is 739 g/mol. The number of carbonyl (C=O) groups excluding carboxylic acids is 2. The SMILES string of the molecule is Cc1ccc2cccc(OCc3c(Cl)ccc(S(=O)(=O)NC(C)(C)C(=O)N4CCC(C5CCN(C(=O)[C@@H](N)CCCN=C(N)N)CC5)CC4)c3Cl)c2n1. The molecule has 13 nitrogen and oxygen atoms in total. The summed E-state index contributed by atoms with van der Waals surface area (Å²) in [6.45, 7) is 7.67. The molecule has 2 fully saturated rings. The van der Waals surface area contributed by atoms with E-state index in [-0.39, 0.29) is 39.3 Å². The summed E-state index contributed by atoms with van der Waals surface area (Å²) < 4.78 is 36.2. The minimum atomic E-state index is -4.26. The highest BCUT2D eigenvalue weighted by Gasteiger charge is 2.40. The highest BCUT2D eigenvalue weighted by Crippen LogP contribution is 2.36. The van der Waals surface area contributed by atoms with Crippen LogP contribution in [-0.4, -0.2) is 85.3 Å². The van der Waals surface area contributed by atoms with Crippen LogP contribution in [0.2, 0.25) is 10.0 Å². The number of likely N-dealkylation sites (tertiary alicyclic amines) is 2. The summed E-state index contributed by atoms with van der Waals surface area (Å²) in [6, 6.07) is 11.6. The number of halogens is 2. The number of aromatic nitrogens is 1. The van der Waals surface area contributed by atoms with Crippen LogP contribution >= 0.6 is 23.2 Å². The molecule has 0 aliphatic carbocycles. The third kappa shape index (κ3) is 9.90. The third-order valence-corrected chi connectivity index (χ3v) is 12.8. The van der Waals surface area contributed by atoms with Crippen molar-refractivity contribution in [2.24, 2.45) is 34.0 Å². The van der Waals surface area contributed by atoms with Crippen LogP contribution < -0.4 is 26.7 Å². The van der Waals surface area contributed by atoms with Crippen LogP contribution in [0.4, 0.5) is 0 Å². The van der Waals surface area contributed by atoms with Crippen LogP contribution in [0, 0.1) is 18.8 Å². The molecular formula is C37H50Cl2N8O5S. The molecule has 7 N–H and O–H groups in total. The number of sulfonamides is 1. The van der Waals surface area contributed by atoms with E-state index < -0.39 is 21.6 Å². The Morgan fingerprint density at radius 2 is 1.64 bits per heavy atom. The van der Waals surface area contributed by atoms with Gasteiger partial charge in [-0.05, 0) is 95.4 Å². The Morgan fingerprint density at radius 1 is 1.00 bits per heavy atom. The molecule has 0 bridgehead atoms. The number of pyridine rings is 1. The molecule has 3 heterocycles. The third-order valence-electron chi connectivity index (χ3n) is 10.2. The molecule has 2 saturated heterocycles. The predicted molar refractivity (Wildman–Crippen MR) is 208 cm³/mol. The van der Waals surface area contributed by atoms with E-state index in [9.17, 15) is 18.0 Å². The van der Waals surface area contributed by atoms with E-state index in [0.717, 1.165) is 36.8 Å². The lowest BCUT2D eigenvalue weighted by Gasteiger charge is -2.42. The molecule has 0 saturated carbocycles. The van der Waals surface area contributed by atoms with Gasteiger partial charge in [0.1, 0.15) is 28.3 Å². The molecule has 0 unspecified atom stereocenters. The van der Waals surface area contributed by atoms with Crippen molar-refractivity contribution in [3.05, 3.63) is 63.8 Å². The summed E-state index contributed by atoms with van der Waals surface area (Å²) in [4.78, 5) is 38.5. The number of para-hydroxylation sites is 1. The van der Waals surface area contributed by atoms with E-state index in [1.807, 2.05) is 36.1 Å². The molecule has 2 aromatic carbocycles. The van der Waals surface area contributed by atoms with E-state index in [0.29, 0.717) is 74.2 Å². The smallest absolute Gasteiger partial charge is 0.243 e. The summed E-state index contributed by atoms with van der Waals surface area (Å²) in [5.74, 6) is 1.02. The van der Waals surface area contributed by atoms with Gasteiger partial charge in [-0.1, -0.05) is 41.4 Å². The Balaban J connectivity index is 1.15. The fourth-order valence-electron chi connectivity index (χ4n) is 7.27. The Labute approximate surface area is 321 Å². The lowest BCUT2D eigenvalue weighted by Crippen LogP contribution is -2.57. The lowest BCUT2D eigenvalue weighted by atomic mass is 9.78. The zero-order chi connectivity index (χ0) is 38.5. The topological polar surface area (TPSA) is 199 Å². The van der Waals surface area contributed by atoms with Crippen LogP contribution in [0.3, 0.4) is 0 Å². The van der Waals surface area contributed by atoms with Gasteiger partial charge in [-0.15, -0.1) is 0 Å². The minimum absolute atomic E-state index is 0.0258. The highest BCUT2D eigenvalue weighted by atomic mass is 35.5. The summed E-state index contributed by atoms with van der Waals surface area (Å²) in [5.41, 5.74) is 17.2. The average molecular weight is 790 g/mol. The first-order chi connectivity index (χ1) is 25.1. The molecule has 0 radical (unpaired) electrons. The monoisotopic (exact) mass is 788 g/mol. The van der Waals surface area contributed by atoms with Crippen molar-refractivity contribution < 1.29 is 22.7 Å². The van der Waals surface area contributed by atoms with Gasteiger partial charge in [0.2, 0.25) is 21.8 Å². The number of hydrogen-bond acceptors (Lipinski definition) is 8. The Hall–Kier alpha value is -3.69. The number of benzene rings is 2. The van der Waals surface area contributed by atoms with Crippen LogP contribution in [0.5, 0.6) is 5.75 Å². The first kappa shape index (κ1) is 40.5. The van der Waals surface area contributed by atoms with Crippen molar-refractivity contribution in [2.75, 3.05) is 32.7 Å². The van der Waals surface area contributed by atoms with E-state index in [1.165, 1.54) is 12.1 Å². The Morgan fingerprint density at radius 3 is 2.28 bits per heavy atom. The molecule has 0 spiro atoms.